The Morgan fingerprint density at radius 3 is 3.00 bits per heavy atom. The summed E-state index contributed by atoms with van der Waals surface area (Å²) in [6, 6.07) is 5.96. The molecule has 0 saturated carbocycles. The first kappa shape index (κ1) is 11.9. The van der Waals surface area contributed by atoms with Gasteiger partial charge < -0.3 is 10.5 Å². The number of benzene rings is 1. The monoisotopic (exact) mass is 275 g/mol. The van der Waals surface area contributed by atoms with Crippen molar-refractivity contribution >= 4 is 21.4 Å². The summed E-state index contributed by atoms with van der Waals surface area (Å²) in [5.74, 6) is 1.49. The van der Waals surface area contributed by atoms with Crippen LogP contribution in [-0.4, -0.2) is 19.8 Å². The number of aryl methyl sites for hydroxylation is 1. The third-order valence-electron chi connectivity index (χ3n) is 2.98. The quantitative estimate of drug-likeness (QED) is 0.790. The fourth-order valence-corrected chi connectivity index (χ4v) is 2.41. The van der Waals surface area contributed by atoms with Crippen molar-refractivity contribution in [2.45, 2.75) is 20.5 Å². The van der Waals surface area contributed by atoms with E-state index in [2.05, 4.69) is 28.3 Å². The number of hydrogen-bond acceptors (Lipinski definition) is 6. The number of nitrogens with two attached hydrogens (primary N) is 1. The summed E-state index contributed by atoms with van der Waals surface area (Å²) in [5, 5.41) is 12.6. The molecule has 2 aromatic heterocycles. The topological polar surface area (TPSA) is 78.3 Å². The molecule has 0 fully saturated rings. The van der Waals surface area contributed by atoms with E-state index in [1.165, 1.54) is 16.9 Å². The zero-order chi connectivity index (χ0) is 13.4. The highest BCUT2D eigenvalue weighted by atomic mass is 32.1. The van der Waals surface area contributed by atoms with E-state index < -0.39 is 0 Å². The Balaban J connectivity index is 1.84. The maximum absolute atomic E-state index is 5.78. The van der Waals surface area contributed by atoms with E-state index in [4.69, 9.17) is 10.5 Å². The lowest BCUT2D eigenvalue weighted by atomic mass is 10.1. The van der Waals surface area contributed by atoms with Crippen molar-refractivity contribution < 1.29 is 4.74 Å². The average Bonchev–Trinajstić information content (AvgIpc) is 2.91. The lowest BCUT2D eigenvalue weighted by Crippen LogP contribution is -2.03. The lowest BCUT2D eigenvalue weighted by Gasteiger charge is -2.09. The third kappa shape index (κ3) is 2.12. The summed E-state index contributed by atoms with van der Waals surface area (Å²) in [6.07, 6.45) is 0. The van der Waals surface area contributed by atoms with E-state index in [0.29, 0.717) is 22.5 Å². The van der Waals surface area contributed by atoms with Crippen molar-refractivity contribution in [3.63, 3.8) is 0 Å². The first-order valence-electron chi connectivity index (χ1n) is 5.81. The van der Waals surface area contributed by atoms with E-state index in [1.54, 1.807) is 4.52 Å². The second-order valence-electron chi connectivity index (χ2n) is 4.24. The van der Waals surface area contributed by atoms with Crippen molar-refractivity contribution in [3.8, 4) is 5.75 Å². The Hall–Kier alpha value is -2.15. The largest absolute Gasteiger partial charge is 0.485 e. The van der Waals surface area contributed by atoms with Gasteiger partial charge in [-0.1, -0.05) is 23.5 Å². The Morgan fingerprint density at radius 1 is 1.32 bits per heavy atom. The average molecular weight is 275 g/mol. The predicted octanol–water partition coefficient (Wildman–Crippen LogP) is 1.96. The molecule has 2 N–H and O–H groups in total. The van der Waals surface area contributed by atoms with Crippen molar-refractivity contribution in [2.24, 2.45) is 0 Å². The molecule has 0 aliphatic heterocycles. The highest BCUT2D eigenvalue weighted by Crippen LogP contribution is 2.22. The van der Waals surface area contributed by atoms with Crippen molar-refractivity contribution in [1.29, 1.82) is 0 Å². The standard InChI is InChI=1S/C12H13N5OS/c1-7-4-3-5-9(8(7)2)18-6-10-14-15-12-17(10)16-11(13)19-12/h3-5H,6H2,1-2H3,(H2,13,16). The van der Waals surface area contributed by atoms with Gasteiger partial charge in [-0.25, -0.2) is 0 Å². The Morgan fingerprint density at radius 2 is 2.16 bits per heavy atom. The van der Waals surface area contributed by atoms with Gasteiger partial charge in [-0.15, -0.1) is 15.3 Å². The van der Waals surface area contributed by atoms with Gasteiger partial charge in [0.15, 0.2) is 5.82 Å². The van der Waals surface area contributed by atoms with Gasteiger partial charge in [0, 0.05) is 0 Å². The molecule has 0 atom stereocenters. The van der Waals surface area contributed by atoms with Crippen LogP contribution in [-0.2, 0) is 6.61 Å². The van der Waals surface area contributed by atoms with E-state index in [-0.39, 0.29) is 0 Å². The van der Waals surface area contributed by atoms with Gasteiger partial charge >= 0.3 is 0 Å². The van der Waals surface area contributed by atoms with Crippen molar-refractivity contribution in [2.75, 3.05) is 5.73 Å². The van der Waals surface area contributed by atoms with Gasteiger partial charge in [0.1, 0.15) is 12.4 Å². The van der Waals surface area contributed by atoms with Crippen LogP contribution >= 0.6 is 11.3 Å². The maximum Gasteiger partial charge on any atom is 0.236 e. The predicted molar refractivity (Wildman–Crippen MR) is 73.3 cm³/mol. The molecule has 7 heteroatoms. The second kappa shape index (κ2) is 4.51. The third-order valence-corrected chi connectivity index (χ3v) is 3.71. The molecule has 0 aliphatic rings. The molecular formula is C12H13N5OS. The van der Waals surface area contributed by atoms with Crippen LogP contribution < -0.4 is 10.5 Å². The van der Waals surface area contributed by atoms with Crippen LogP contribution in [0.15, 0.2) is 18.2 Å². The zero-order valence-corrected chi connectivity index (χ0v) is 11.4. The van der Waals surface area contributed by atoms with Crippen LogP contribution in [0.2, 0.25) is 0 Å². The Labute approximate surface area is 113 Å². The molecule has 0 unspecified atom stereocenters. The van der Waals surface area contributed by atoms with Gasteiger partial charge in [-0.3, -0.25) is 0 Å². The van der Waals surface area contributed by atoms with Crippen LogP contribution in [0.25, 0.3) is 4.96 Å². The molecule has 3 rings (SSSR count). The zero-order valence-electron chi connectivity index (χ0n) is 10.6. The molecule has 19 heavy (non-hydrogen) atoms. The Kier molecular flexibility index (Phi) is 2.83. The summed E-state index contributed by atoms with van der Waals surface area (Å²) in [5.41, 5.74) is 7.96. The van der Waals surface area contributed by atoms with E-state index >= 15 is 0 Å². The highest BCUT2D eigenvalue weighted by Gasteiger charge is 2.11. The van der Waals surface area contributed by atoms with Crippen molar-refractivity contribution in [3.05, 3.63) is 35.2 Å². The van der Waals surface area contributed by atoms with E-state index in [0.717, 1.165) is 11.3 Å². The molecule has 0 amide bonds. The van der Waals surface area contributed by atoms with Crippen LogP contribution in [0.1, 0.15) is 17.0 Å². The summed E-state index contributed by atoms with van der Waals surface area (Å²) in [6.45, 7) is 4.40. The summed E-state index contributed by atoms with van der Waals surface area (Å²) in [4.78, 5) is 0.678. The molecular weight excluding hydrogens is 262 g/mol. The van der Waals surface area contributed by atoms with Crippen LogP contribution in [0.3, 0.4) is 0 Å². The van der Waals surface area contributed by atoms with Gasteiger partial charge in [0.2, 0.25) is 10.1 Å². The molecule has 6 nitrogen and oxygen atoms in total. The van der Waals surface area contributed by atoms with Crippen molar-refractivity contribution in [1.82, 2.24) is 19.8 Å². The molecule has 1 aromatic carbocycles. The molecule has 0 aliphatic carbocycles. The van der Waals surface area contributed by atoms with E-state index in [1.807, 2.05) is 19.1 Å². The Bertz CT molecular complexity index is 733. The molecule has 98 valence electrons. The number of nitrogen functional groups attached to an aromatic ring is 1. The number of nitrogens with zero attached hydrogens (tertiary/aromatic N) is 4. The minimum atomic E-state index is 0.314. The lowest BCUT2D eigenvalue weighted by molar-refractivity contribution is 0.290. The fraction of sp³-hybridized carbons (Fsp3) is 0.250. The number of anilines is 1. The van der Waals surface area contributed by atoms with Crippen LogP contribution in [0.4, 0.5) is 5.13 Å². The molecule has 2 heterocycles. The first-order valence-corrected chi connectivity index (χ1v) is 6.62. The number of hydrogen-bond donors (Lipinski definition) is 1. The van der Waals surface area contributed by atoms with Crippen LogP contribution in [0.5, 0.6) is 5.75 Å². The first-order chi connectivity index (χ1) is 9.15. The molecule has 0 saturated heterocycles. The molecule has 0 spiro atoms. The SMILES string of the molecule is Cc1cccc(OCc2nnc3sc(N)nn23)c1C. The number of ether oxygens (including phenoxy) is 1. The molecule has 0 radical (unpaired) electrons. The van der Waals surface area contributed by atoms with E-state index in [9.17, 15) is 0 Å². The number of fused-ring (bicyclic) bond motifs is 1. The maximum atomic E-state index is 5.78. The smallest absolute Gasteiger partial charge is 0.236 e. The molecule has 3 aromatic rings. The minimum Gasteiger partial charge on any atom is -0.485 e. The number of aromatic nitrogens is 4. The second-order valence-corrected chi connectivity index (χ2v) is 5.23. The summed E-state index contributed by atoms with van der Waals surface area (Å²) in [7, 11) is 0. The minimum absolute atomic E-state index is 0.314. The number of rotatable bonds is 3. The van der Waals surface area contributed by atoms with Gasteiger partial charge in [0.25, 0.3) is 0 Å². The van der Waals surface area contributed by atoms with Gasteiger partial charge in [-0.05, 0) is 31.0 Å². The summed E-state index contributed by atoms with van der Waals surface area (Å²) < 4.78 is 7.40. The summed E-state index contributed by atoms with van der Waals surface area (Å²) >= 11 is 1.30. The van der Waals surface area contributed by atoms with Crippen LogP contribution in [0, 0.1) is 13.8 Å². The fourth-order valence-electron chi connectivity index (χ4n) is 1.79. The van der Waals surface area contributed by atoms with Gasteiger partial charge in [0.05, 0.1) is 0 Å². The normalized spacial score (nSPS) is 11.1. The highest BCUT2D eigenvalue weighted by molar-refractivity contribution is 7.20. The molecule has 0 bridgehead atoms. The van der Waals surface area contributed by atoms with Gasteiger partial charge in [-0.2, -0.15) is 4.52 Å².